The fraction of sp³-hybridized carbons (Fsp3) is 0.111. The summed E-state index contributed by atoms with van der Waals surface area (Å²) in [6.45, 7) is 0.159. The summed E-state index contributed by atoms with van der Waals surface area (Å²) in [5, 5.41) is 15.0. The Hall–Kier alpha value is -2.04. The smallest absolute Gasteiger partial charge is 0.231 e. The summed E-state index contributed by atoms with van der Waals surface area (Å²) in [4.78, 5) is 0. The van der Waals surface area contributed by atoms with Crippen LogP contribution >= 0.6 is 0 Å². The number of hydrogen-bond donors (Lipinski definition) is 2. The van der Waals surface area contributed by atoms with Crippen molar-refractivity contribution in [2.75, 3.05) is 6.79 Å². The molecule has 3 rings (SSSR count). The second kappa shape index (κ2) is 2.25. The summed E-state index contributed by atoms with van der Waals surface area (Å²) < 4.78 is 15.3. The van der Waals surface area contributed by atoms with Crippen LogP contribution < -0.4 is 9.47 Å². The molecule has 70 valence electrons. The lowest BCUT2D eigenvalue weighted by atomic mass is 10.1. The topological polar surface area (TPSA) is 75.4 Å². The van der Waals surface area contributed by atoms with Gasteiger partial charge in [0.25, 0.3) is 0 Å². The maximum atomic E-state index is 7.53. The van der Waals surface area contributed by atoms with E-state index in [2.05, 4.69) is 0 Å². The monoisotopic (exact) mass is 190 g/mol. The molecule has 0 spiro atoms. The molecule has 0 aromatic heterocycles. The van der Waals surface area contributed by atoms with Crippen LogP contribution in [0.5, 0.6) is 11.5 Å². The Morgan fingerprint density at radius 1 is 1.07 bits per heavy atom. The molecule has 0 saturated heterocycles. The van der Waals surface area contributed by atoms with Gasteiger partial charge >= 0.3 is 0 Å². The number of rotatable bonds is 0. The van der Waals surface area contributed by atoms with E-state index < -0.39 is 0 Å². The summed E-state index contributed by atoms with van der Waals surface area (Å²) in [5.41, 5.74) is 1.10. The second-order valence-corrected chi connectivity index (χ2v) is 2.98. The highest BCUT2D eigenvalue weighted by molar-refractivity contribution is 6.18. The van der Waals surface area contributed by atoms with Crippen molar-refractivity contribution in [3.05, 3.63) is 23.3 Å². The molecule has 2 N–H and O–H groups in total. The normalized spacial score (nSPS) is 16.9. The zero-order valence-electron chi connectivity index (χ0n) is 7.09. The molecule has 14 heavy (non-hydrogen) atoms. The van der Waals surface area contributed by atoms with Gasteiger partial charge in [0.2, 0.25) is 18.6 Å². The number of ether oxygens (including phenoxy) is 3. The number of benzene rings is 1. The van der Waals surface area contributed by atoms with Crippen molar-refractivity contribution >= 4 is 11.8 Å². The summed E-state index contributed by atoms with van der Waals surface area (Å²) in [6, 6.07) is 3.42. The van der Waals surface area contributed by atoms with Crippen molar-refractivity contribution in [2.45, 2.75) is 0 Å². The minimum absolute atomic E-state index is 0.0108. The first-order valence-corrected chi connectivity index (χ1v) is 4.05. The van der Waals surface area contributed by atoms with Crippen LogP contribution in [0.2, 0.25) is 0 Å². The van der Waals surface area contributed by atoms with Crippen molar-refractivity contribution < 1.29 is 14.2 Å². The van der Waals surface area contributed by atoms with E-state index in [0.29, 0.717) is 22.6 Å². The molecule has 5 nitrogen and oxygen atoms in total. The minimum Gasteiger partial charge on any atom is -0.454 e. The molecule has 0 atom stereocenters. The summed E-state index contributed by atoms with van der Waals surface area (Å²) in [7, 11) is 0. The molecule has 2 aliphatic rings. The van der Waals surface area contributed by atoms with Crippen LogP contribution in [0.25, 0.3) is 0 Å². The number of nitrogens with one attached hydrogen (secondary N) is 2. The number of fused-ring (bicyclic) bond motifs is 3. The summed E-state index contributed by atoms with van der Waals surface area (Å²) in [5.74, 6) is 1.05. The first kappa shape index (κ1) is 7.37. The van der Waals surface area contributed by atoms with Crippen LogP contribution in [0.15, 0.2) is 12.1 Å². The molecular weight excluding hydrogens is 184 g/mol. The third-order valence-corrected chi connectivity index (χ3v) is 2.22. The van der Waals surface area contributed by atoms with Gasteiger partial charge in [-0.3, -0.25) is 10.8 Å². The molecule has 0 saturated carbocycles. The Morgan fingerprint density at radius 3 is 2.79 bits per heavy atom. The van der Waals surface area contributed by atoms with E-state index in [1.54, 1.807) is 12.1 Å². The highest BCUT2D eigenvalue weighted by atomic mass is 16.7. The Labute approximate surface area is 79.2 Å². The molecule has 1 aromatic rings. The molecule has 5 heteroatoms. The minimum atomic E-state index is -0.0487. The van der Waals surface area contributed by atoms with Crippen molar-refractivity contribution in [1.82, 2.24) is 0 Å². The van der Waals surface area contributed by atoms with E-state index in [-0.39, 0.29) is 18.6 Å². The molecule has 0 unspecified atom stereocenters. The summed E-state index contributed by atoms with van der Waals surface area (Å²) >= 11 is 0. The van der Waals surface area contributed by atoms with Gasteiger partial charge < -0.3 is 14.2 Å². The lowest BCUT2D eigenvalue weighted by molar-refractivity contribution is 0.173. The third kappa shape index (κ3) is 0.736. The van der Waals surface area contributed by atoms with Crippen LogP contribution in [0.4, 0.5) is 0 Å². The highest BCUT2D eigenvalue weighted by Crippen LogP contribution is 2.40. The van der Waals surface area contributed by atoms with Crippen LogP contribution in [-0.4, -0.2) is 18.6 Å². The molecule has 0 aliphatic carbocycles. The average Bonchev–Trinajstić information content (AvgIpc) is 2.71. The molecule has 0 bridgehead atoms. The van der Waals surface area contributed by atoms with Gasteiger partial charge in [-0.15, -0.1) is 0 Å². The van der Waals surface area contributed by atoms with Crippen LogP contribution in [0.1, 0.15) is 11.1 Å². The Morgan fingerprint density at radius 2 is 1.93 bits per heavy atom. The van der Waals surface area contributed by atoms with E-state index in [4.69, 9.17) is 25.0 Å². The van der Waals surface area contributed by atoms with Crippen molar-refractivity contribution in [3.8, 4) is 11.5 Å². The second-order valence-electron chi connectivity index (χ2n) is 2.98. The van der Waals surface area contributed by atoms with Gasteiger partial charge in [-0.05, 0) is 12.1 Å². The molecule has 0 amide bonds. The average molecular weight is 190 g/mol. The van der Waals surface area contributed by atoms with E-state index in [0.717, 1.165) is 0 Å². The van der Waals surface area contributed by atoms with Gasteiger partial charge in [-0.1, -0.05) is 0 Å². The third-order valence-electron chi connectivity index (χ3n) is 2.22. The maximum absolute atomic E-state index is 7.53. The van der Waals surface area contributed by atoms with Gasteiger partial charge in [-0.25, -0.2) is 0 Å². The number of hydrogen-bond acceptors (Lipinski definition) is 5. The van der Waals surface area contributed by atoms with E-state index >= 15 is 0 Å². The maximum Gasteiger partial charge on any atom is 0.231 e. The predicted octanol–water partition coefficient (Wildman–Crippen LogP) is 1.10. The van der Waals surface area contributed by atoms with Gasteiger partial charge in [0.1, 0.15) is 0 Å². The Bertz CT molecular complexity index is 467. The van der Waals surface area contributed by atoms with Crippen LogP contribution in [0, 0.1) is 10.8 Å². The lowest BCUT2D eigenvalue weighted by Crippen LogP contribution is -1.99. The lowest BCUT2D eigenvalue weighted by Gasteiger charge is -1.99. The SMILES string of the molecule is N=C1OC(=N)c2c1ccc1c2OCO1. The Kier molecular flexibility index (Phi) is 1.19. The van der Waals surface area contributed by atoms with Crippen molar-refractivity contribution in [3.63, 3.8) is 0 Å². The van der Waals surface area contributed by atoms with E-state index in [1.807, 2.05) is 0 Å². The van der Waals surface area contributed by atoms with Gasteiger partial charge in [0.05, 0.1) is 11.1 Å². The van der Waals surface area contributed by atoms with Gasteiger partial charge in [0, 0.05) is 0 Å². The van der Waals surface area contributed by atoms with Crippen LogP contribution in [-0.2, 0) is 4.74 Å². The highest BCUT2D eigenvalue weighted by Gasteiger charge is 2.32. The molecular formula is C9H6N2O3. The van der Waals surface area contributed by atoms with Crippen molar-refractivity contribution in [1.29, 1.82) is 10.8 Å². The van der Waals surface area contributed by atoms with E-state index in [9.17, 15) is 0 Å². The fourth-order valence-corrected chi connectivity index (χ4v) is 1.60. The first-order chi connectivity index (χ1) is 6.77. The van der Waals surface area contributed by atoms with Gasteiger partial charge in [0.15, 0.2) is 11.5 Å². The molecule has 2 heterocycles. The Balaban J connectivity index is 2.33. The zero-order chi connectivity index (χ0) is 9.71. The predicted molar refractivity (Wildman–Crippen MR) is 47.3 cm³/mol. The van der Waals surface area contributed by atoms with Gasteiger partial charge in [-0.2, -0.15) is 0 Å². The first-order valence-electron chi connectivity index (χ1n) is 4.05. The summed E-state index contributed by atoms with van der Waals surface area (Å²) in [6.07, 6.45) is 0. The van der Waals surface area contributed by atoms with Crippen LogP contribution in [0.3, 0.4) is 0 Å². The molecule has 0 fully saturated rings. The standard InChI is InChI=1S/C9H6N2O3/c10-8-4-1-2-5-7(13-3-12-5)6(4)9(11)14-8/h1-2,10-11H,3H2. The largest absolute Gasteiger partial charge is 0.454 e. The van der Waals surface area contributed by atoms with E-state index in [1.165, 1.54) is 0 Å². The molecule has 1 aromatic carbocycles. The zero-order valence-corrected chi connectivity index (χ0v) is 7.09. The quantitative estimate of drug-likeness (QED) is 0.643. The van der Waals surface area contributed by atoms with Crippen molar-refractivity contribution in [2.24, 2.45) is 0 Å². The molecule has 2 aliphatic heterocycles. The fourth-order valence-electron chi connectivity index (χ4n) is 1.60. The molecule has 0 radical (unpaired) electrons.